The third-order valence-electron chi connectivity index (χ3n) is 12.9. The van der Waals surface area contributed by atoms with E-state index >= 15 is 0 Å². The third-order valence-corrected chi connectivity index (χ3v) is 12.9. The van der Waals surface area contributed by atoms with E-state index in [9.17, 15) is 41.9 Å². The maximum Gasteiger partial charge on any atom is 0.522 e. The number of nitrogens with zero attached hydrogens (tertiary/aromatic N) is 5. The Hall–Kier alpha value is -5.84. The van der Waals surface area contributed by atoms with Crippen LogP contribution in [0.2, 0.25) is 0 Å². The zero-order valence-corrected chi connectivity index (χ0v) is 37.1. The molecule has 0 spiro atoms. The molecule has 0 radical (unpaired) electrons. The molecule has 1 unspecified atom stereocenters. The Morgan fingerprint density at radius 1 is 0.862 bits per heavy atom. The fourth-order valence-corrected chi connectivity index (χ4v) is 9.40. The topological polar surface area (TPSA) is 165 Å². The molecule has 17 heteroatoms. The Morgan fingerprint density at radius 3 is 2.23 bits per heavy atom. The molecule has 5 heterocycles. The van der Waals surface area contributed by atoms with Gasteiger partial charge in [-0.05, 0) is 80.5 Å². The molecule has 5 amide bonds. The van der Waals surface area contributed by atoms with Gasteiger partial charge in [-0.2, -0.15) is 0 Å². The summed E-state index contributed by atoms with van der Waals surface area (Å²) in [6.07, 6.45) is 9.40. The van der Waals surface area contributed by atoms with Crippen LogP contribution in [-0.2, 0) is 32.7 Å². The number of aryl methyl sites for hydroxylation is 2. The number of carbonyl (C=O) groups excluding carboxylic acids is 5. The minimum Gasteiger partial charge on any atom is -0.384 e. The van der Waals surface area contributed by atoms with Crippen LogP contribution >= 0.6 is 0 Å². The minimum atomic E-state index is -4.75. The first-order valence-electron chi connectivity index (χ1n) is 22.9. The summed E-state index contributed by atoms with van der Waals surface area (Å²) in [5.41, 5.74) is 4.57. The summed E-state index contributed by atoms with van der Waals surface area (Å²) < 4.78 is 46.5. The quantitative estimate of drug-likeness (QED) is 0.0667. The molecule has 2 N–H and O–H groups in total. The number of likely N-dealkylation sites (tertiary alicyclic amines) is 1. The molecule has 14 nitrogen and oxygen atoms in total. The molecule has 3 aliphatic heterocycles. The number of rotatable bonds is 20. The normalized spacial score (nSPS) is 17.0. The minimum absolute atomic E-state index is 0.0333. The second kappa shape index (κ2) is 21.0. The van der Waals surface area contributed by atoms with Gasteiger partial charge in [0.2, 0.25) is 17.7 Å². The first-order chi connectivity index (χ1) is 31.2. The highest BCUT2D eigenvalue weighted by molar-refractivity contribution is 6.25. The first kappa shape index (κ1) is 47.1. The number of imide groups is 2. The number of amides is 5. The number of hydrogen-bond acceptors (Lipinski definition) is 9. The molecule has 4 aromatic rings. The highest BCUT2D eigenvalue weighted by atomic mass is 19.4. The number of unbranched alkanes of at least 4 members (excludes halogenated alkanes) is 9. The van der Waals surface area contributed by atoms with E-state index < -0.39 is 42.6 Å². The molecule has 2 aromatic carbocycles. The Labute approximate surface area is 375 Å². The maximum atomic E-state index is 13.3. The average Bonchev–Trinajstić information content (AvgIpc) is 3.76. The van der Waals surface area contributed by atoms with Gasteiger partial charge in [-0.25, -0.2) is 4.98 Å². The fourth-order valence-electron chi connectivity index (χ4n) is 9.40. The Balaban J connectivity index is 0.778. The van der Waals surface area contributed by atoms with E-state index in [0.717, 1.165) is 80.2 Å². The molecule has 2 saturated heterocycles. The van der Waals surface area contributed by atoms with Gasteiger partial charge in [0.05, 0.1) is 28.8 Å². The standard InChI is InChI=1S/C48H58F3N7O7/c1-31-28-34(30-55(2)45(31)62)33-17-18-36-39(29-33)57(26-27-65-48(49,50)51)43(53-36)32-21-24-56(25-22-32)41(60)16-11-9-7-5-3-4-6-8-10-12-23-52-37-15-13-14-35-42(37)47(64)58(46(35)63)38-19-20-40(59)54-44(38)61/h13-15,17-18,28-30,32,38,52H,3-12,16,19-27H2,1-2H3,(H,54,59,61). The zero-order chi connectivity index (χ0) is 46.3. The first-order valence-corrected chi connectivity index (χ1v) is 22.9. The number of alkyl halides is 3. The number of anilines is 1. The SMILES string of the molecule is Cc1cc(-c2ccc3nc(C4CCN(C(=O)CCCCCCCCCCCCNc5cccc6c5C(=O)N(C5CCC(=O)NC5=O)C6=O)CC4)n(CCOC(F)(F)F)c3c2)cn(C)c1=O. The number of imidazole rings is 1. The average molecular weight is 902 g/mol. The number of carbonyl (C=O) groups is 5. The van der Waals surface area contributed by atoms with E-state index in [1.54, 1.807) is 44.4 Å². The van der Waals surface area contributed by atoms with Gasteiger partial charge in [0.15, 0.2) is 0 Å². The largest absolute Gasteiger partial charge is 0.522 e. The van der Waals surface area contributed by atoms with Crippen molar-refractivity contribution in [2.45, 2.75) is 128 Å². The summed E-state index contributed by atoms with van der Waals surface area (Å²) in [6, 6.07) is 11.5. The Morgan fingerprint density at radius 2 is 1.55 bits per heavy atom. The molecule has 0 bridgehead atoms. The van der Waals surface area contributed by atoms with Crippen LogP contribution in [-0.4, -0.2) is 92.1 Å². The number of fused-ring (bicyclic) bond motifs is 2. The van der Waals surface area contributed by atoms with Gasteiger partial charge in [-0.3, -0.25) is 43.7 Å². The lowest BCUT2D eigenvalue weighted by molar-refractivity contribution is -0.325. The van der Waals surface area contributed by atoms with Crippen LogP contribution in [0.1, 0.15) is 134 Å². The number of nitrogens with one attached hydrogen (secondary N) is 2. The number of piperidine rings is 2. The van der Waals surface area contributed by atoms with Crippen LogP contribution in [0.15, 0.2) is 53.5 Å². The van der Waals surface area contributed by atoms with Crippen molar-refractivity contribution < 1.29 is 41.9 Å². The highest BCUT2D eigenvalue weighted by Gasteiger charge is 2.45. The maximum absolute atomic E-state index is 13.3. The third kappa shape index (κ3) is 11.3. The van der Waals surface area contributed by atoms with Crippen molar-refractivity contribution in [1.82, 2.24) is 29.2 Å². The number of halogens is 3. The van der Waals surface area contributed by atoms with E-state index in [-0.39, 0.29) is 47.9 Å². The molecular formula is C48H58F3N7O7. The summed E-state index contributed by atoms with van der Waals surface area (Å²) in [5.74, 6) is -1.28. The summed E-state index contributed by atoms with van der Waals surface area (Å²) in [6.45, 7) is 2.91. The summed E-state index contributed by atoms with van der Waals surface area (Å²) in [7, 11) is 1.68. The summed E-state index contributed by atoms with van der Waals surface area (Å²) >= 11 is 0. The van der Waals surface area contributed by atoms with Gasteiger partial charge in [-0.15, -0.1) is 13.2 Å². The lowest BCUT2D eigenvalue weighted by Crippen LogP contribution is -2.54. The van der Waals surface area contributed by atoms with Crippen molar-refractivity contribution in [3.63, 3.8) is 0 Å². The summed E-state index contributed by atoms with van der Waals surface area (Å²) in [4.78, 5) is 83.6. The van der Waals surface area contributed by atoms with Crippen LogP contribution in [0.3, 0.4) is 0 Å². The van der Waals surface area contributed by atoms with Gasteiger partial charge in [0.1, 0.15) is 11.9 Å². The fraction of sp³-hybridized carbons (Fsp3) is 0.521. The van der Waals surface area contributed by atoms with E-state index in [1.807, 2.05) is 27.7 Å². The zero-order valence-electron chi connectivity index (χ0n) is 37.1. The molecular weight excluding hydrogens is 844 g/mol. The van der Waals surface area contributed by atoms with Crippen molar-refractivity contribution in [2.75, 3.05) is 31.6 Å². The molecule has 2 fully saturated rings. The van der Waals surface area contributed by atoms with E-state index in [1.165, 1.54) is 4.57 Å². The van der Waals surface area contributed by atoms with E-state index in [0.29, 0.717) is 67.0 Å². The van der Waals surface area contributed by atoms with Crippen LogP contribution in [0.5, 0.6) is 0 Å². The lowest BCUT2D eigenvalue weighted by Gasteiger charge is -2.32. The van der Waals surface area contributed by atoms with Gasteiger partial charge in [0, 0.05) is 69.4 Å². The molecule has 0 aliphatic carbocycles. The van der Waals surface area contributed by atoms with Crippen molar-refractivity contribution in [3.05, 3.63) is 81.5 Å². The molecule has 2 aromatic heterocycles. The smallest absolute Gasteiger partial charge is 0.384 e. The molecule has 0 saturated carbocycles. The Bertz CT molecular complexity index is 2450. The molecule has 3 aliphatic rings. The van der Waals surface area contributed by atoms with Gasteiger partial charge in [0.25, 0.3) is 17.4 Å². The number of benzene rings is 2. The van der Waals surface area contributed by atoms with E-state index in [4.69, 9.17) is 4.98 Å². The second-order valence-corrected chi connectivity index (χ2v) is 17.5. The van der Waals surface area contributed by atoms with E-state index in [2.05, 4.69) is 15.4 Å². The molecule has 65 heavy (non-hydrogen) atoms. The van der Waals surface area contributed by atoms with Crippen molar-refractivity contribution in [1.29, 1.82) is 0 Å². The number of ether oxygens (including phenoxy) is 1. The van der Waals surface area contributed by atoms with Crippen molar-refractivity contribution in [3.8, 4) is 11.1 Å². The Kier molecular flexibility index (Phi) is 15.2. The van der Waals surface area contributed by atoms with Crippen molar-refractivity contribution >= 4 is 46.3 Å². The predicted molar refractivity (Wildman–Crippen MR) is 238 cm³/mol. The second-order valence-electron chi connectivity index (χ2n) is 17.5. The van der Waals surface area contributed by atoms with Crippen LogP contribution in [0, 0.1) is 6.92 Å². The monoisotopic (exact) mass is 901 g/mol. The van der Waals surface area contributed by atoms with Crippen LogP contribution < -0.4 is 16.2 Å². The number of aromatic nitrogens is 3. The molecule has 7 rings (SSSR count). The number of hydrogen-bond donors (Lipinski definition) is 2. The van der Waals surface area contributed by atoms with Gasteiger partial charge < -0.3 is 19.4 Å². The summed E-state index contributed by atoms with van der Waals surface area (Å²) in [5, 5.41) is 5.53. The lowest BCUT2D eigenvalue weighted by atomic mass is 9.95. The van der Waals surface area contributed by atoms with Gasteiger partial charge in [-0.1, -0.05) is 63.5 Å². The highest BCUT2D eigenvalue weighted by Crippen LogP contribution is 2.34. The molecule has 1 atom stereocenters. The van der Waals surface area contributed by atoms with Gasteiger partial charge >= 0.3 is 6.36 Å². The van der Waals surface area contributed by atoms with Crippen LogP contribution in [0.25, 0.3) is 22.2 Å². The van der Waals surface area contributed by atoms with Crippen LogP contribution in [0.4, 0.5) is 18.9 Å². The molecule has 348 valence electrons. The number of pyridine rings is 1. The van der Waals surface area contributed by atoms with Crippen molar-refractivity contribution in [2.24, 2.45) is 7.05 Å². The predicted octanol–water partition coefficient (Wildman–Crippen LogP) is 7.76.